The third-order valence-electron chi connectivity index (χ3n) is 4.43. The molecule has 0 N–H and O–H groups in total. The van der Waals surface area contributed by atoms with Crippen LogP contribution in [0.15, 0.2) is 47.8 Å². The van der Waals surface area contributed by atoms with Crippen molar-refractivity contribution in [2.75, 3.05) is 6.61 Å². The lowest BCUT2D eigenvalue weighted by Gasteiger charge is -2.09. The number of hydrogen-bond acceptors (Lipinski definition) is 5. The Hall–Kier alpha value is -2.97. The minimum Gasteiger partial charge on any atom is -0.486 e. The highest BCUT2D eigenvalue weighted by Gasteiger charge is 2.24. The van der Waals surface area contributed by atoms with E-state index >= 15 is 0 Å². The van der Waals surface area contributed by atoms with Crippen LogP contribution in [0.25, 0.3) is 11.3 Å². The Kier molecular flexibility index (Phi) is 5.68. The van der Waals surface area contributed by atoms with E-state index in [4.69, 9.17) is 4.74 Å². The summed E-state index contributed by atoms with van der Waals surface area (Å²) in [7, 11) is 0. The minimum absolute atomic E-state index is 0.153. The Bertz CT molecular complexity index is 1000. The lowest BCUT2D eigenvalue weighted by atomic mass is 10.1. The van der Waals surface area contributed by atoms with E-state index in [0.29, 0.717) is 10.8 Å². The maximum Gasteiger partial charge on any atom is 0.194 e. The van der Waals surface area contributed by atoms with Gasteiger partial charge >= 0.3 is 0 Å². The molecule has 0 radical (unpaired) electrons. The number of rotatable bonds is 6. The van der Waals surface area contributed by atoms with Crippen molar-refractivity contribution in [1.29, 1.82) is 5.26 Å². The van der Waals surface area contributed by atoms with Gasteiger partial charge in [0.2, 0.25) is 0 Å². The van der Waals surface area contributed by atoms with E-state index in [9.17, 15) is 10.1 Å². The highest BCUT2D eigenvalue weighted by atomic mass is 32.1. The molecule has 1 unspecified atom stereocenters. The van der Waals surface area contributed by atoms with Crippen molar-refractivity contribution in [3.8, 4) is 23.1 Å². The molecule has 1 atom stereocenters. The number of nitriles is 1. The number of benzene rings is 2. The number of nitrogens with zero attached hydrogens (tertiary/aromatic N) is 2. The van der Waals surface area contributed by atoms with Gasteiger partial charge < -0.3 is 4.74 Å². The quantitative estimate of drug-likeness (QED) is 0.608. The SMILES string of the molecule is Cc1ccc(-c2csc(C(C#N)C(=O)COc3ccc(C)c(C)c3)n2)cc1. The number of hydrogen-bond donors (Lipinski definition) is 0. The largest absolute Gasteiger partial charge is 0.486 e. The number of carbonyl (C=O) groups is 1. The molecular formula is C22H20N2O2S. The minimum atomic E-state index is -0.916. The fourth-order valence-electron chi connectivity index (χ4n) is 2.58. The molecular weight excluding hydrogens is 356 g/mol. The summed E-state index contributed by atoms with van der Waals surface area (Å²) in [6.07, 6.45) is 0. The summed E-state index contributed by atoms with van der Waals surface area (Å²) < 4.78 is 5.59. The zero-order valence-electron chi connectivity index (χ0n) is 15.5. The van der Waals surface area contributed by atoms with E-state index in [2.05, 4.69) is 11.1 Å². The molecule has 3 aromatic rings. The number of ketones is 1. The van der Waals surface area contributed by atoms with E-state index in [1.165, 1.54) is 16.9 Å². The van der Waals surface area contributed by atoms with Gasteiger partial charge in [-0.1, -0.05) is 35.9 Å². The van der Waals surface area contributed by atoms with E-state index < -0.39 is 5.92 Å². The second kappa shape index (κ2) is 8.15. The zero-order chi connectivity index (χ0) is 19.4. The Morgan fingerprint density at radius 3 is 2.56 bits per heavy atom. The zero-order valence-corrected chi connectivity index (χ0v) is 16.3. The van der Waals surface area contributed by atoms with Crippen LogP contribution in [0.1, 0.15) is 27.6 Å². The fraction of sp³-hybridized carbons (Fsp3) is 0.227. The van der Waals surface area contributed by atoms with Crippen molar-refractivity contribution in [2.24, 2.45) is 0 Å². The topological polar surface area (TPSA) is 63.0 Å². The summed E-state index contributed by atoms with van der Waals surface area (Å²) in [5.74, 6) is -0.580. The van der Waals surface area contributed by atoms with Crippen molar-refractivity contribution in [2.45, 2.75) is 26.7 Å². The van der Waals surface area contributed by atoms with Gasteiger partial charge in [-0.15, -0.1) is 11.3 Å². The predicted octanol–water partition coefficient (Wildman–Crippen LogP) is 4.99. The predicted molar refractivity (Wildman–Crippen MR) is 107 cm³/mol. The monoisotopic (exact) mass is 376 g/mol. The number of Topliss-reactive ketones (excluding diaryl/α,β-unsaturated/α-hetero) is 1. The summed E-state index contributed by atoms with van der Waals surface area (Å²) in [5, 5.41) is 11.9. The van der Waals surface area contributed by atoms with Crippen molar-refractivity contribution in [3.63, 3.8) is 0 Å². The van der Waals surface area contributed by atoms with Gasteiger partial charge in [0, 0.05) is 10.9 Å². The summed E-state index contributed by atoms with van der Waals surface area (Å²) in [6.45, 7) is 5.88. The van der Waals surface area contributed by atoms with Gasteiger partial charge in [-0.05, 0) is 44.0 Å². The van der Waals surface area contributed by atoms with Crippen LogP contribution < -0.4 is 4.74 Å². The van der Waals surface area contributed by atoms with Crippen LogP contribution in [0.4, 0.5) is 0 Å². The molecule has 0 saturated heterocycles. The normalized spacial score (nSPS) is 11.6. The molecule has 27 heavy (non-hydrogen) atoms. The first-order valence-electron chi connectivity index (χ1n) is 8.63. The number of thiazole rings is 1. The molecule has 0 aliphatic heterocycles. The van der Waals surface area contributed by atoms with Gasteiger partial charge in [0.15, 0.2) is 11.7 Å². The molecule has 0 aliphatic carbocycles. The Morgan fingerprint density at radius 1 is 1.15 bits per heavy atom. The molecule has 0 saturated carbocycles. The van der Waals surface area contributed by atoms with Crippen LogP contribution in [0.2, 0.25) is 0 Å². The molecule has 1 heterocycles. The highest BCUT2D eigenvalue weighted by molar-refractivity contribution is 7.10. The van der Waals surface area contributed by atoms with Crippen molar-refractivity contribution < 1.29 is 9.53 Å². The number of ether oxygens (including phenoxy) is 1. The standard InChI is InChI=1S/C22H20N2O2S/c1-14-4-7-17(8-5-14)20-13-27-22(24-20)19(11-23)21(25)12-26-18-9-6-15(2)16(3)10-18/h4-10,13,19H,12H2,1-3H3. The molecule has 4 nitrogen and oxygen atoms in total. The van der Waals surface area contributed by atoms with Crippen molar-refractivity contribution in [3.05, 3.63) is 69.5 Å². The molecule has 0 fully saturated rings. The van der Waals surface area contributed by atoms with Crippen LogP contribution in [-0.2, 0) is 4.79 Å². The van der Waals surface area contributed by atoms with Crippen LogP contribution in [0.5, 0.6) is 5.75 Å². The maximum absolute atomic E-state index is 12.5. The van der Waals surface area contributed by atoms with Gasteiger partial charge in [-0.3, -0.25) is 4.79 Å². The fourth-order valence-corrected chi connectivity index (χ4v) is 3.48. The third kappa shape index (κ3) is 4.42. The lowest BCUT2D eigenvalue weighted by Crippen LogP contribution is -2.19. The van der Waals surface area contributed by atoms with Gasteiger partial charge in [-0.2, -0.15) is 5.26 Å². The first-order valence-corrected chi connectivity index (χ1v) is 9.50. The van der Waals surface area contributed by atoms with Crippen LogP contribution in [0.3, 0.4) is 0 Å². The summed E-state index contributed by atoms with van der Waals surface area (Å²) in [6, 6.07) is 15.7. The highest BCUT2D eigenvalue weighted by Crippen LogP contribution is 2.27. The Labute approximate surface area is 163 Å². The number of carbonyl (C=O) groups excluding carboxylic acids is 1. The number of aryl methyl sites for hydroxylation is 3. The Morgan fingerprint density at radius 2 is 1.89 bits per heavy atom. The second-order valence-electron chi connectivity index (χ2n) is 6.50. The molecule has 1 aromatic heterocycles. The third-order valence-corrected chi connectivity index (χ3v) is 5.34. The summed E-state index contributed by atoms with van der Waals surface area (Å²) >= 11 is 1.33. The lowest BCUT2D eigenvalue weighted by molar-refractivity contribution is -0.121. The second-order valence-corrected chi connectivity index (χ2v) is 7.39. The van der Waals surface area contributed by atoms with Gasteiger partial charge in [0.25, 0.3) is 0 Å². The van der Waals surface area contributed by atoms with E-state index in [-0.39, 0.29) is 12.4 Å². The maximum atomic E-state index is 12.5. The first-order chi connectivity index (χ1) is 13.0. The Balaban J connectivity index is 1.71. The van der Waals surface area contributed by atoms with Crippen molar-refractivity contribution in [1.82, 2.24) is 4.98 Å². The van der Waals surface area contributed by atoms with Crippen LogP contribution in [-0.4, -0.2) is 17.4 Å². The van der Waals surface area contributed by atoms with Crippen molar-refractivity contribution >= 4 is 17.1 Å². The molecule has 0 bridgehead atoms. The van der Waals surface area contributed by atoms with E-state index in [0.717, 1.165) is 22.4 Å². The molecule has 0 amide bonds. The average molecular weight is 376 g/mol. The average Bonchev–Trinajstić information content (AvgIpc) is 3.13. The molecule has 5 heteroatoms. The molecule has 3 rings (SSSR count). The summed E-state index contributed by atoms with van der Waals surface area (Å²) in [4.78, 5) is 17.0. The van der Waals surface area contributed by atoms with Gasteiger partial charge in [-0.25, -0.2) is 4.98 Å². The van der Waals surface area contributed by atoms with Crippen LogP contribution >= 0.6 is 11.3 Å². The van der Waals surface area contributed by atoms with Gasteiger partial charge in [0.05, 0.1) is 11.8 Å². The number of aromatic nitrogens is 1. The summed E-state index contributed by atoms with van der Waals surface area (Å²) in [5.41, 5.74) is 5.17. The molecule has 136 valence electrons. The molecule has 2 aromatic carbocycles. The molecule has 0 aliphatic rings. The van der Waals surface area contributed by atoms with Crippen LogP contribution in [0, 0.1) is 32.1 Å². The van der Waals surface area contributed by atoms with E-state index in [1.807, 2.05) is 68.6 Å². The first kappa shape index (κ1) is 18.8. The van der Waals surface area contributed by atoms with E-state index in [1.54, 1.807) is 0 Å². The smallest absolute Gasteiger partial charge is 0.194 e. The van der Waals surface area contributed by atoms with Gasteiger partial charge in [0.1, 0.15) is 17.4 Å². The molecule has 0 spiro atoms.